The van der Waals surface area contributed by atoms with Crippen molar-refractivity contribution in [2.75, 3.05) is 33.0 Å². The fraction of sp³-hybridized carbons (Fsp3) is 0.533. The molecule has 6 unspecified atom stereocenters. The van der Waals surface area contributed by atoms with Gasteiger partial charge in [0.2, 0.25) is 5.91 Å². The molecule has 21 heteroatoms. The van der Waals surface area contributed by atoms with Gasteiger partial charge in [-0.15, -0.1) is 0 Å². The Morgan fingerprint density at radius 1 is 0.494 bits per heavy atom. The topological polar surface area (TPSA) is 203 Å². The van der Waals surface area contributed by atoms with E-state index in [-0.39, 0.29) is 65.8 Å². The van der Waals surface area contributed by atoms with E-state index in [4.69, 9.17) is 56.8 Å². The number of amides is 2. The van der Waals surface area contributed by atoms with Gasteiger partial charge in [-0.25, -0.2) is 0 Å². The van der Waals surface area contributed by atoms with Crippen molar-refractivity contribution in [1.82, 2.24) is 10.6 Å². The standard InChI is InChI=1S/C60H75F3N2O16/c1-37-47(34-70-30-43-20-11-7-12-21-43)77-58(80-51-38(2)50(65-40(4)66)56(73-29-19-28-64-59(69)60(61,62)63)78-48(51)35-71-31-44-22-13-8-14-23-44)55(76-42(6)68)53(37)81-57-54(74-33-46-26-17-10-18-27-46)39(3)52(75-41(5)67)49(79-57)36-72-32-45-24-15-9-16-25-45/h7-18,20-27,37-39,47-58H,19,28-36H2,1-6H3,(H,64,69)(H,65,66)/t37-,38+,39-,47?,48?,49?,50?,51-,52+,53-,54?,55?,56+,57+,58-/m0/s1. The summed E-state index contributed by atoms with van der Waals surface area (Å²) < 4.78 is 117. The minimum absolute atomic E-state index is 0.0110. The van der Waals surface area contributed by atoms with Crippen LogP contribution in [0.1, 0.15) is 70.2 Å². The highest BCUT2D eigenvalue weighted by atomic mass is 19.4. The molecule has 3 heterocycles. The van der Waals surface area contributed by atoms with Gasteiger partial charge in [-0.2, -0.15) is 13.2 Å². The highest BCUT2D eigenvalue weighted by Crippen LogP contribution is 2.40. The molecule has 7 rings (SSSR count). The summed E-state index contributed by atoms with van der Waals surface area (Å²) in [7, 11) is 0. The minimum atomic E-state index is -5.06. The Hall–Kier alpha value is -5.85. The monoisotopic (exact) mass is 1140 g/mol. The van der Waals surface area contributed by atoms with Gasteiger partial charge < -0.3 is 67.5 Å². The van der Waals surface area contributed by atoms with Crippen LogP contribution in [0.4, 0.5) is 13.2 Å². The number of ether oxygens (including phenoxy) is 12. The summed E-state index contributed by atoms with van der Waals surface area (Å²) >= 11 is 0. The summed E-state index contributed by atoms with van der Waals surface area (Å²) in [6.45, 7) is 9.56. The number of hydrogen-bond donors (Lipinski definition) is 2. The van der Waals surface area contributed by atoms with Crippen molar-refractivity contribution in [2.24, 2.45) is 17.8 Å². The lowest BCUT2D eigenvalue weighted by Crippen LogP contribution is -2.65. The van der Waals surface area contributed by atoms with Gasteiger partial charge in [0.25, 0.3) is 0 Å². The molecule has 81 heavy (non-hydrogen) atoms. The molecule has 3 saturated heterocycles. The highest BCUT2D eigenvalue weighted by Gasteiger charge is 2.55. The van der Waals surface area contributed by atoms with Crippen LogP contribution < -0.4 is 10.6 Å². The molecule has 442 valence electrons. The second-order valence-electron chi connectivity index (χ2n) is 20.5. The second kappa shape index (κ2) is 31.0. The van der Waals surface area contributed by atoms with Gasteiger partial charge in [-0.1, -0.05) is 142 Å². The molecule has 2 amide bonds. The number of rotatable bonds is 27. The maximum Gasteiger partial charge on any atom is 0.471 e. The number of carbonyl (C=O) groups excluding carboxylic acids is 4. The first-order valence-electron chi connectivity index (χ1n) is 27.3. The number of carbonyl (C=O) groups is 4. The Morgan fingerprint density at radius 2 is 0.926 bits per heavy atom. The lowest BCUT2D eigenvalue weighted by atomic mass is 9.87. The van der Waals surface area contributed by atoms with Crippen molar-refractivity contribution in [1.29, 1.82) is 0 Å². The smallest absolute Gasteiger partial charge is 0.459 e. The molecule has 4 aromatic carbocycles. The maximum atomic E-state index is 13.4. The van der Waals surface area contributed by atoms with E-state index in [1.54, 1.807) is 6.92 Å². The predicted molar refractivity (Wildman–Crippen MR) is 285 cm³/mol. The van der Waals surface area contributed by atoms with E-state index in [0.717, 1.165) is 22.3 Å². The van der Waals surface area contributed by atoms with Crippen molar-refractivity contribution in [3.8, 4) is 0 Å². The predicted octanol–water partition coefficient (Wildman–Crippen LogP) is 7.53. The van der Waals surface area contributed by atoms with E-state index in [1.807, 2.05) is 140 Å². The summed E-state index contributed by atoms with van der Waals surface area (Å²) in [4.78, 5) is 50.7. The number of halogens is 3. The Balaban J connectivity index is 1.22. The first-order valence-corrected chi connectivity index (χ1v) is 27.3. The zero-order valence-corrected chi connectivity index (χ0v) is 46.4. The van der Waals surface area contributed by atoms with Crippen molar-refractivity contribution >= 4 is 23.8 Å². The van der Waals surface area contributed by atoms with Crippen molar-refractivity contribution in [3.63, 3.8) is 0 Å². The van der Waals surface area contributed by atoms with E-state index in [9.17, 15) is 32.3 Å². The summed E-state index contributed by atoms with van der Waals surface area (Å²) in [6.07, 6.45) is -16.7. The Morgan fingerprint density at radius 3 is 1.42 bits per heavy atom. The van der Waals surface area contributed by atoms with Crippen LogP contribution in [0.25, 0.3) is 0 Å². The first kappa shape index (κ1) is 62.7. The van der Waals surface area contributed by atoms with Gasteiger partial charge in [0.05, 0.1) is 71.1 Å². The molecule has 18 nitrogen and oxygen atoms in total. The fourth-order valence-corrected chi connectivity index (χ4v) is 10.1. The van der Waals surface area contributed by atoms with Crippen LogP contribution in [0.2, 0.25) is 0 Å². The van der Waals surface area contributed by atoms with Crippen LogP contribution in [0.3, 0.4) is 0 Å². The number of esters is 2. The summed E-state index contributed by atoms with van der Waals surface area (Å²) in [6, 6.07) is 37.1. The van der Waals surface area contributed by atoms with Crippen molar-refractivity contribution < 1.29 is 89.2 Å². The molecule has 0 spiro atoms. The largest absolute Gasteiger partial charge is 0.471 e. The third-order valence-corrected chi connectivity index (χ3v) is 14.2. The maximum absolute atomic E-state index is 13.4. The highest BCUT2D eigenvalue weighted by molar-refractivity contribution is 5.81. The molecule has 15 atom stereocenters. The van der Waals surface area contributed by atoms with Gasteiger partial charge in [-0.3, -0.25) is 19.2 Å². The third kappa shape index (κ3) is 18.8. The minimum Gasteiger partial charge on any atom is -0.459 e. The molecule has 0 saturated carbocycles. The number of hydrogen-bond acceptors (Lipinski definition) is 16. The normalized spacial score (nSPS) is 28.6. The number of alkyl halides is 3. The van der Waals surface area contributed by atoms with Crippen LogP contribution in [0.15, 0.2) is 121 Å². The van der Waals surface area contributed by atoms with Crippen LogP contribution in [-0.2, 0) is 102 Å². The summed E-state index contributed by atoms with van der Waals surface area (Å²) in [5, 5.41) is 4.73. The average molecular weight is 1140 g/mol. The first-order chi connectivity index (χ1) is 38.9. The summed E-state index contributed by atoms with van der Waals surface area (Å²) in [5.41, 5.74) is 3.53. The molecule has 2 N–H and O–H groups in total. The summed E-state index contributed by atoms with van der Waals surface area (Å²) in [5.74, 6) is -5.63. The van der Waals surface area contributed by atoms with Crippen LogP contribution >= 0.6 is 0 Å². The zero-order chi connectivity index (χ0) is 57.9. The molecular weight excluding hydrogens is 1060 g/mol. The van der Waals surface area contributed by atoms with Gasteiger partial charge >= 0.3 is 24.0 Å². The lowest BCUT2D eigenvalue weighted by molar-refractivity contribution is -0.369. The van der Waals surface area contributed by atoms with Crippen LogP contribution in [0, 0.1) is 17.8 Å². The van der Waals surface area contributed by atoms with E-state index in [2.05, 4.69) is 5.32 Å². The molecule has 0 radical (unpaired) electrons. The fourth-order valence-electron chi connectivity index (χ4n) is 10.1. The molecule has 0 bridgehead atoms. The Kier molecular flexibility index (Phi) is 24.0. The van der Waals surface area contributed by atoms with Crippen molar-refractivity contribution in [2.45, 2.75) is 154 Å². The van der Waals surface area contributed by atoms with E-state index < -0.39 is 121 Å². The molecular formula is C60H75F3N2O16. The Bertz CT molecular complexity index is 2540. The van der Waals surface area contributed by atoms with Crippen molar-refractivity contribution in [3.05, 3.63) is 144 Å². The van der Waals surface area contributed by atoms with Gasteiger partial charge in [0, 0.05) is 45.1 Å². The molecule has 3 aliphatic rings. The Labute approximate surface area is 470 Å². The molecule has 4 aromatic rings. The number of benzene rings is 4. The average Bonchev–Trinajstić information content (AvgIpc) is 3.62. The van der Waals surface area contributed by atoms with Gasteiger partial charge in [0.15, 0.2) is 25.0 Å². The second-order valence-corrected chi connectivity index (χ2v) is 20.5. The van der Waals surface area contributed by atoms with Gasteiger partial charge in [-0.05, 0) is 28.7 Å². The molecule has 3 aliphatic heterocycles. The third-order valence-electron chi connectivity index (χ3n) is 14.2. The van der Waals surface area contributed by atoms with E-state index in [1.165, 1.54) is 20.8 Å². The number of nitrogens with one attached hydrogen (secondary N) is 2. The van der Waals surface area contributed by atoms with E-state index in [0.29, 0.717) is 0 Å². The molecule has 0 aliphatic carbocycles. The zero-order valence-electron chi connectivity index (χ0n) is 46.4. The molecule has 3 fully saturated rings. The van der Waals surface area contributed by atoms with Crippen LogP contribution in [-0.4, -0.2) is 137 Å². The van der Waals surface area contributed by atoms with Crippen LogP contribution in [0.5, 0.6) is 0 Å². The lowest BCUT2D eigenvalue weighted by Gasteiger charge is -2.51. The quantitative estimate of drug-likeness (QED) is 0.0438. The van der Waals surface area contributed by atoms with Gasteiger partial charge in [0.1, 0.15) is 30.5 Å². The van der Waals surface area contributed by atoms with E-state index >= 15 is 0 Å². The molecule has 0 aromatic heterocycles. The SMILES string of the molecule is CC(=O)NC1[C@H](OCCCNC(=O)C(F)(F)F)OC(COCc2ccccc2)[C@@H](O[C@@H]2OC(COCc3ccccc3)[C@H](C)[C@H](O[C@H]3OC(COCc4ccccc4)[C@H](OC(C)=O)[C@H](C)C3OCc3ccccc3)C2OC(C)=O)[C@@H]1C.